The molecule has 4 heteroatoms. The van der Waals surface area contributed by atoms with E-state index >= 15 is 0 Å². The Morgan fingerprint density at radius 2 is 1.84 bits per heavy atom. The summed E-state index contributed by atoms with van der Waals surface area (Å²) in [5.41, 5.74) is 1.90. The minimum Gasteiger partial charge on any atom is -0.294 e. The van der Waals surface area contributed by atoms with Crippen LogP contribution in [-0.4, -0.2) is 5.78 Å². The van der Waals surface area contributed by atoms with Gasteiger partial charge in [0.25, 0.3) is 0 Å². The largest absolute Gasteiger partial charge is 0.294 e. The van der Waals surface area contributed by atoms with Gasteiger partial charge in [0, 0.05) is 12.0 Å². The van der Waals surface area contributed by atoms with Crippen molar-refractivity contribution in [2.75, 3.05) is 0 Å². The highest BCUT2D eigenvalue weighted by molar-refractivity contribution is 6.42. The first-order chi connectivity index (χ1) is 8.97. The average Bonchev–Trinajstić information content (AvgIpc) is 2.36. The maximum atomic E-state index is 13.2. The van der Waals surface area contributed by atoms with Gasteiger partial charge in [-0.15, -0.1) is 0 Å². The Morgan fingerprint density at radius 3 is 2.53 bits per heavy atom. The van der Waals surface area contributed by atoms with E-state index in [1.807, 2.05) is 0 Å². The van der Waals surface area contributed by atoms with E-state index in [9.17, 15) is 9.18 Å². The van der Waals surface area contributed by atoms with Crippen LogP contribution in [0, 0.1) is 12.7 Å². The smallest absolute Gasteiger partial charge is 0.167 e. The molecule has 0 atom stereocenters. The van der Waals surface area contributed by atoms with Gasteiger partial charge < -0.3 is 0 Å². The maximum Gasteiger partial charge on any atom is 0.167 e. The van der Waals surface area contributed by atoms with Gasteiger partial charge in [0.15, 0.2) is 5.78 Å². The summed E-state index contributed by atoms with van der Waals surface area (Å²) in [7, 11) is 0. The Kier molecular flexibility index (Phi) is 4.23. The molecule has 1 nitrogen and oxygen atoms in total. The minimum absolute atomic E-state index is 0.143. The van der Waals surface area contributed by atoms with Crippen LogP contribution in [0.3, 0.4) is 0 Å². The van der Waals surface area contributed by atoms with E-state index in [1.165, 1.54) is 12.1 Å². The Morgan fingerprint density at radius 1 is 1.11 bits per heavy atom. The Labute approximate surface area is 121 Å². The van der Waals surface area contributed by atoms with Crippen molar-refractivity contribution in [3.63, 3.8) is 0 Å². The van der Waals surface area contributed by atoms with E-state index in [2.05, 4.69) is 0 Å². The van der Waals surface area contributed by atoms with Crippen molar-refractivity contribution in [3.8, 4) is 0 Å². The van der Waals surface area contributed by atoms with E-state index in [0.717, 1.165) is 11.1 Å². The molecule has 0 bridgehead atoms. The quantitative estimate of drug-likeness (QED) is 0.739. The van der Waals surface area contributed by atoms with E-state index in [1.54, 1.807) is 31.2 Å². The SMILES string of the molecule is Cc1ccc(F)cc1C(=O)Cc1ccc(Cl)c(Cl)c1. The summed E-state index contributed by atoms with van der Waals surface area (Å²) in [6, 6.07) is 9.22. The van der Waals surface area contributed by atoms with Crippen molar-refractivity contribution < 1.29 is 9.18 Å². The van der Waals surface area contributed by atoms with Gasteiger partial charge in [-0.25, -0.2) is 4.39 Å². The number of hydrogen-bond acceptors (Lipinski definition) is 1. The van der Waals surface area contributed by atoms with Crippen LogP contribution >= 0.6 is 23.2 Å². The molecule has 0 aliphatic rings. The van der Waals surface area contributed by atoms with Crippen LogP contribution in [0.25, 0.3) is 0 Å². The molecule has 0 aliphatic heterocycles. The molecule has 19 heavy (non-hydrogen) atoms. The van der Waals surface area contributed by atoms with Crippen LogP contribution in [-0.2, 0) is 6.42 Å². The second kappa shape index (κ2) is 5.72. The topological polar surface area (TPSA) is 17.1 Å². The van der Waals surface area contributed by atoms with Crippen LogP contribution in [0.5, 0.6) is 0 Å². The molecule has 0 aromatic heterocycles. The lowest BCUT2D eigenvalue weighted by atomic mass is 9.99. The number of benzene rings is 2. The summed E-state index contributed by atoms with van der Waals surface area (Å²) >= 11 is 11.7. The Hall–Kier alpha value is -1.38. The normalized spacial score (nSPS) is 10.5. The van der Waals surface area contributed by atoms with Crippen molar-refractivity contribution in [2.24, 2.45) is 0 Å². The number of rotatable bonds is 3. The third-order valence-electron chi connectivity index (χ3n) is 2.85. The number of carbonyl (C=O) groups excluding carboxylic acids is 1. The molecule has 0 saturated carbocycles. The standard InChI is InChI=1S/C15H11Cl2FO/c1-9-2-4-11(18)8-12(9)15(19)7-10-3-5-13(16)14(17)6-10/h2-6,8H,7H2,1H3. The fraction of sp³-hybridized carbons (Fsp3) is 0.133. The molecule has 0 fully saturated rings. The van der Waals surface area contributed by atoms with Crippen LogP contribution in [0.2, 0.25) is 10.0 Å². The molecular weight excluding hydrogens is 286 g/mol. The van der Waals surface area contributed by atoms with Crippen LogP contribution in [0.15, 0.2) is 36.4 Å². The zero-order valence-corrected chi connectivity index (χ0v) is 11.7. The van der Waals surface area contributed by atoms with E-state index in [-0.39, 0.29) is 12.2 Å². The summed E-state index contributed by atoms with van der Waals surface area (Å²) < 4.78 is 13.2. The fourth-order valence-electron chi connectivity index (χ4n) is 1.82. The lowest BCUT2D eigenvalue weighted by Gasteiger charge is -2.06. The molecule has 0 radical (unpaired) electrons. The highest BCUT2D eigenvalue weighted by Gasteiger charge is 2.12. The van der Waals surface area contributed by atoms with Gasteiger partial charge in [-0.2, -0.15) is 0 Å². The highest BCUT2D eigenvalue weighted by Crippen LogP contribution is 2.23. The number of halogens is 3. The summed E-state index contributed by atoms with van der Waals surface area (Å²) in [5.74, 6) is -0.557. The van der Waals surface area contributed by atoms with Crippen LogP contribution < -0.4 is 0 Å². The molecule has 2 rings (SSSR count). The average molecular weight is 297 g/mol. The monoisotopic (exact) mass is 296 g/mol. The molecule has 2 aromatic carbocycles. The van der Waals surface area contributed by atoms with Crippen LogP contribution in [0.1, 0.15) is 21.5 Å². The van der Waals surface area contributed by atoms with Gasteiger partial charge >= 0.3 is 0 Å². The summed E-state index contributed by atoms with van der Waals surface area (Å²) in [4.78, 5) is 12.1. The second-order valence-corrected chi connectivity index (χ2v) is 5.12. The molecule has 0 amide bonds. The minimum atomic E-state index is -0.414. The molecule has 0 unspecified atom stereocenters. The molecule has 0 heterocycles. The summed E-state index contributed by atoms with van der Waals surface area (Å²) in [5, 5.41) is 0.850. The lowest BCUT2D eigenvalue weighted by molar-refractivity contribution is 0.0992. The molecular formula is C15H11Cl2FO. The predicted molar refractivity (Wildman–Crippen MR) is 75.6 cm³/mol. The van der Waals surface area contributed by atoms with Crippen molar-refractivity contribution in [1.29, 1.82) is 0 Å². The molecule has 0 aliphatic carbocycles. The first-order valence-electron chi connectivity index (χ1n) is 5.70. The van der Waals surface area contributed by atoms with Gasteiger partial charge in [-0.1, -0.05) is 35.3 Å². The second-order valence-electron chi connectivity index (χ2n) is 4.31. The zero-order valence-electron chi connectivity index (χ0n) is 10.2. The first-order valence-corrected chi connectivity index (χ1v) is 6.46. The highest BCUT2D eigenvalue weighted by atomic mass is 35.5. The molecule has 2 aromatic rings. The van der Waals surface area contributed by atoms with Gasteiger partial charge in [0.05, 0.1) is 10.0 Å². The Balaban J connectivity index is 2.25. The number of aryl methyl sites for hydroxylation is 1. The molecule has 98 valence electrons. The maximum absolute atomic E-state index is 13.2. The number of ketones is 1. The Bertz CT molecular complexity index is 638. The summed E-state index contributed by atoms with van der Waals surface area (Å²) in [6.45, 7) is 1.78. The summed E-state index contributed by atoms with van der Waals surface area (Å²) in [6.07, 6.45) is 0.168. The lowest BCUT2D eigenvalue weighted by Crippen LogP contribution is -2.06. The number of hydrogen-bond donors (Lipinski definition) is 0. The van der Waals surface area contributed by atoms with Crippen molar-refractivity contribution >= 4 is 29.0 Å². The number of carbonyl (C=O) groups is 1. The van der Waals surface area contributed by atoms with Gasteiger partial charge in [-0.05, 0) is 42.3 Å². The van der Waals surface area contributed by atoms with Crippen molar-refractivity contribution in [1.82, 2.24) is 0 Å². The van der Waals surface area contributed by atoms with E-state index in [0.29, 0.717) is 15.6 Å². The fourth-order valence-corrected chi connectivity index (χ4v) is 2.15. The predicted octanol–water partition coefficient (Wildman–Crippen LogP) is 4.87. The third kappa shape index (κ3) is 3.34. The van der Waals surface area contributed by atoms with Crippen LogP contribution in [0.4, 0.5) is 4.39 Å². The van der Waals surface area contributed by atoms with E-state index in [4.69, 9.17) is 23.2 Å². The van der Waals surface area contributed by atoms with Crippen molar-refractivity contribution in [3.05, 3.63) is 69.0 Å². The third-order valence-corrected chi connectivity index (χ3v) is 3.59. The molecule has 0 N–H and O–H groups in total. The zero-order chi connectivity index (χ0) is 14.0. The number of Topliss-reactive ketones (excluding diaryl/α,β-unsaturated/α-hetero) is 1. The van der Waals surface area contributed by atoms with Gasteiger partial charge in [0.2, 0.25) is 0 Å². The molecule has 0 spiro atoms. The van der Waals surface area contributed by atoms with E-state index < -0.39 is 5.82 Å². The van der Waals surface area contributed by atoms with Gasteiger partial charge in [-0.3, -0.25) is 4.79 Å². The molecule has 0 saturated heterocycles. The van der Waals surface area contributed by atoms with Gasteiger partial charge in [0.1, 0.15) is 5.82 Å². The first kappa shape index (κ1) is 14.0. The van der Waals surface area contributed by atoms with Crippen molar-refractivity contribution in [2.45, 2.75) is 13.3 Å².